The number of benzene rings is 1. The van der Waals surface area contributed by atoms with Crippen LogP contribution in [0.3, 0.4) is 0 Å². The molecule has 1 aliphatic rings. The van der Waals surface area contributed by atoms with E-state index in [2.05, 4.69) is 28.5 Å². The maximum absolute atomic E-state index is 12.6. The summed E-state index contributed by atoms with van der Waals surface area (Å²) in [6, 6.07) is 5.77. The fraction of sp³-hybridized carbons (Fsp3) is 0.389. The summed E-state index contributed by atoms with van der Waals surface area (Å²) in [6.07, 6.45) is 0.758. The maximum atomic E-state index is 12.6. The molecule has 5 nitrogen and oxygen atoms in total. The summed E-state index contributed by atoms with van der Waals surface area (Å²) in [5, 5.41) is 5.37. The molecule has 0 saturated carbocycles. The summed E-state index contributed by atoms with van der Waals surface area (Å²) in [6.45, 7) is 7.99. The van der Waals surface area contributed by atoms with Crippen molar-refractivity contribution in [3.05, 3.63) is 34.7 Å². The highest BCUT2D eigenvalue weighted by Crippen LogP contribution is 2.38. The fourth-order valence-corrected chi connectivity index (χ4v) is 4.78. The van der Waals surface area contributed by atoms with Crippen LogP contribution in [0.4, 0.5) is 5.13 Å². The van der Waals surface area contributed by atoms with Crippen molar-refractivity contribution in [3.63, 3.8) is 0 Å². The Morgan fingerprint density at radius 3 is 2.88 bits per heavy atom. The smallest absolute Gasteiger partial charge is 0.249 e. The average Bonchev–Trinajstić information content (AvgIpc) is 3.13. The molecule has 0 bridgehead atoms. The first-order chi connectivity index (χ1) is 11.8. The van der Waals surface area contributed by atoms with Gasteiger partial charge in [0, 0.05) is 16.7 Å². The lowest BCUT2D eigenvalue weighted by Crippen LogP contribution is -2.47. The zero-order valence-electron chi connectivity index (χ0n) is 14.7. The van der Waals surface area contributed by atoms with E-state index in [4.69, 9.17) is 0 Å². The van der Waals surface area contributed by atoms with Gasteiger partial charge in [0.1, 0.15) is 6.04 Å². The molecule has 0 unspecified atom stereocenters. The van der Waals surface area contributed by atoms with Crippen molar-refractivity contribution in [3.8, 4) is 11.3 Å². The van der Waals surface area contributed by atoms with Gasteiger partial charge in [0.15, 0.2) is 5.13 Å². The number of hydrogen-bond acceptors (Lipinski definition) is 5. The highest BCUT2D eigenvalue weighted by atomic mass is 32.2. The minimum absolute atomic E-state index is 0.188. The van der Waals surface area contributed by atoms with E-state index in [0.29, 0.717) is 10.9 Å². The van der Waals surface area contributed by atoms with Gasteiger partial charge in [0.25, 0.3) is 0 Å². The van der Waals surface area contributed by atoms with Gasteiger partial charge in [-0.3, -0.25) is 9.59 Å². The van der Waals surface area contributed by atoms with Crippen molar-refractivity contribution in [2.24, 2.45) is 0 Å². The molecule has 1 saturated heterocycles. The van der Waals surface area contributed by atoms with Crippen molar-refractivity contribution in [2.75, 3.05) is 11.1 Å². The van der Waals surface area contributed by atoms with Crippen LogP contribution in [-0.4, -0.2) is 38.9 Å². The molecule has 0 spiro atoms. The van der Waals surface area contributed by atoms with Crippen LogP contribution in [0.25, 0.3) is 11.3 Å². The first-order valence-electron chi connectivity index (χ1n) is 8.03. The largest absolute Gasteiger partial charge is 0.318 e. The van der Waals surface area contributed by atoms with Gasteiger partial charge in [-0.1, -0.05) is 17.7 Å². The molecule has 132 valence electrons. The van der Waals surface area contributed by atoms with E-state index in [9.17, 15) is 9.59 Å². The van der Waals surface area contributed by atoms with Crippen LogP contribution in [0.1, 0.15) is 25.0 Å². The molecule has 7 heteroatoms. The van der Waals surface area contributed by atoms with Crippen molar-refractivity contribution in [2.45, 2.75) is 38.6 Å². The molecule has 0 aliphatic carbocycles. The molecule has 3 rings (SSSR count). The first-order valence-corrected chi connectivity index (χ1v) is 9.90. The van der Waals surface area contributed by atoms with E-state index in [1.165, 1.54) is 16.9 Å². The second kappa shape index (κ2) is 6.80. The van der Waals surface area contributed by atoms with Gasteiger partial charge in [-0.05, 0) is 39.3 Å². The fourth-order valence-electron chi connectivity index (χ4n) is 2.87. The molecule has 1 atom stereocenters. The molecule has 2 amide bonds. The van der Waals surface area contributed by atoms with Gasteiger partial charge in [0.2, 0.25) is 12.3 Å². The lowest BCUT2D eigenvalue weighted by Gasteiger charge is -2.29. The minimum atomic E-state index is -0.467. The molecule has 1 N–H and O–H groups in total. The Bertz CT molecular complexity index is 816. The summed E-state index contributed by atoms with van der Waals surface area (Å²) in [5.74, 6) is 0.402. The number of nitrogens with zero attached hydrogens (tertiary/aromatic N) is 2. The van der Waals surface area contributed by atoms with E-state index in [1.54, 1.807) is 16.7 Å². The number of hydrogen-bond donors (Lipinski definition) is 1. The molecule has 1 aromatic heterocycles. The summed E-state index contributed by atoms with van der Waals surface area (Å²) >= 11 is 3.00. The summed E-state index contributed by atoms with van der Waals surface area (Å²) in [4.78, 5) is 29.7. The maximum Gasteiger partial charge on any atom is 0.249 e. The molecule has 1 aliphatic heterocycles. The lowest BCUT2D eigenvalue weighted by molar-refractivity contribution is -0.130. The predicted molar refractivity (Wildman–Crippen MR) is 104 cm³/mol. The second-order valence-corrected chi connectivity index (χ2v) is 9.11. The van der Waals surface area contributed by atoms with Gasteiger partial charge >= 0.3 is 0 Å². The van der Waals surface area contributed by atoms with Crippen molar-refractivity contribution >= 4 is 40.5 Å². The summed E-state index contributed by atoms with van der Waals surface area (Å²) in [7, 11) is 0. The minimum Gasteiger partial charge on any atom is -0.318 e. The summed E-state index contributed by atoms with van der Waals surface area (Å²) < 4.78 is 0. The number of aryl methyl sites for hydroxylation is 2. The Labute approximate surface area is 155 Å². The predicted octanol–water partition coefficient (Wildman–Crippen LogP) is 3.68. The van der Waals surface area contributed by atoms with Crippen LogP contribution in [0.15, 0.2) is 23.6 Å². The second-order valence-electron chi connectivity index (χ2n) is 6.63. The highest BCUT2D eigenvalue weighted by Gasteiger charge is 2.43. The van der Waals surface area contributed by atoms with E-state index < -0.39 is 6.04 Å². The first kappa shape index (κ1) is 17.9. The topological polar surface area (TPSA) is 62.3 Å². The molecule has 1 aromatic carbocycles. The van der Waals surface area contributed by atoms with Crippen LogP contribution in [0, 0.1) is 13.8 Å². The number of rotatable bonds is 4. The number of carbonyl (C=O) groups is 2. The Morgan fingerprint density at radius 2 is 2.16 bits per heavy atom. The quantitative estimate of drug-likeness (QED) is 0.828. The Kier molecular flexibility index (Phi) is 4.88. The third-order valence-corrected chi connectivity index (χ3v) is 6.53. The average molecular weight is 376 g/mol. The van der Waals surface area contributed by atoms with Crippen LogP contribution in [0.2, 0.25) is 0 Å². The van der Waals surface area contributed by atoms with Gasteiger partial charge in [-0.25, -0.2) is 4.98 Å². The van der Waals surface area contributed by atoms with Crippen molar-refractivity contribution in [1.29, 1.82) is 0 Å². The van der Waals surface area contributed by atoms with Gasteiger partial charge in [-0.2, -0.15) is 0 Å². The molecular formula is C18H21N3O2S2. The Balaban J connectivity index is 1.77. The number of amides is 2. The van der Waals surface area contributed by atoms with Crippen molar-refractivity contribution in [1.82, 2.24) is 9.88 Å². The van der Waals surface area contributed by atoms with E-state index in [-0.39, 0.29) is 10.8 Å². The number of thiazole rings is 1. The molecular weight excluding hydrogens is 354 g/mol. The Hall–Kier alpha value is -1.86. The highest BCUT2D eigenvalue weighted by molar-refractivity contribution is 8.00. The lowest BCUT2D eigenvalue weighted by atomic mass is 10.0. The van der Waals surface area contributed by atoms with Crippen LogP contribution >= 0.6 is 23.1 Å². The number of anilines is 1. The number of thioether (sulfide) groups is 1. The number of nitrogens with one attached hydrogen (secondary N) is 1. The van der Waals surface area contributed by atoms with Gasteiger partial charge in [0.05, 0.1) is 10.6 Å². The van der Waals surface area contributed by atoms with Crippen molar-refractivity contribution < 1.29 is 9.59 Å². The van der Waals surface area contributed by atoms with Gasteiger partial charge in [-0.15, -0.1) is 23.1 Å². The molecule has 0 radical (unpaired) electrons. The standard InChI is InChI=1S/C18H21N3O2S2/c1-11-5-6-12(2)13(7-11)14-8-24-17(19-14)20-16(23)15-9-25-18(3,4)21(15)10-22/h5-8,10,15H,9H2,1-4H3,(H,19,20,23)/t15-/m1/s1. The van der Waals surface area contributed by atoms with Crippen LogP contribution in [-0.2, 0) is 9.59 Å². The monoisotopic (exact) mass is 375 g/mol. The van der Waals surface area contributed by atoms with Crippen LogP contribution < -0.4 is 5.32 Å². The molecule has 25 heavy (non-hydrogen) atoms. The third kappa shape index (κ3) is 3.57. The molecule has 2 heterocycles. The van der Waals surface area contributed by atoms with Crippen LogP contribution in [0.5, 0.6) is 0 Å². The summed E-state index contributed by atoms with van der Waals surface area (Å²) in [5.41, 5.74) is 4.25. The van der Waals surface area contributed by atoms with E-state index in [0.717, 1.165) is 23.2 Å². The molecule has 2 aromatic rings. The SMILES string of the molecule is Cc1ccc(C)c(-c2csc(NC(=O)[C@H]3CSC(C)(C)N3C=O)n2)c1. The Morgan fingerprint density at radius 1 is 1.40 bits per heavy atom. The normalized spacial score (nSPS) is 19.0. The van der Waals surface area contributed by atoms with E-state index in [1.807, 2.05) is 33.1 Å². The number of carbonyl (C=O) groups excluding carboxylic acids is 2. The van der Waals surface area contributed by atoms with E-state index >= 15 is 0 Å². The molecule has 1 fully saturated rings. The zero-order chi connectivity index (χ0) is 18.2. The third-order valence-electron chi connectivity index (χ3n) is 4.37. The van der Waals surface area contributed by atoms with Gasteiger partial charge < -0.3 is 10.2 Å². The number of aromatic nitrogens is 1. The zero-order valence-corrected chi connectivity index (χ0v) is 16.3.